The summed E-state index contributed by atoms with van der Waals surface area (Å²) in [6.45, 7) is 1.06. The number of hydrogen-bond donors (Lipinski definition) is 1. The summed E-state index contributed by atoms with van der Waals surface area (Å²) < 4.78 is 0. The van der Waals surface area contributed by atoms with Gasteiger partial charge in [-0.25, -0.2) is 4.98 Å². The molecule has 0 saturated carbocycles. The molecule has 2 heteroatoms. The highest BCUT2D eigenvalue weighted by Gasteiger charge is 2.21. The number of pyridine rings is 1. The lowest BCUT2D eigenvalue weighted by molar-refractivity contribution is 1.06. The summed E-state index contributed by atoms with van der Waals surface area (Å²) in [4.78, 5) is 4.00. The van der Waals surface area contributed by atoms with Crippen LogP contribution in [-0.4, -0.2) is 11.5 Å². The van der Waals surface area contributed by atoms with Gasteiger partial charge in [-0.3, -0.25) is 0 Å². The van der Waals surface area contributed by atoms with Crippen molar-refractivity contribution in [3.63, 3.8) is 0 Å². The molecule has 2 heterocycles. The van der Waals surface area contributed by atoms with Gasteiger partial charge in [0.25, 0.3) is 0 Å². The summed E-state index contributed by atoms with van der Waals surface area (Å²) in [5.74, 6) is 2.51. The first-order valence-corrected chi connectivity index (χ1v) is 3.56. The van der Waals surface area contributed by atoms with E-state index in [-0.39, 0.29) is 0 Å². The van der Waals surface area contributed by atoms with Crippen molar-refractivity contribution >= 4 is 0 Å². The van der Waals surface area contributed by atoms with Crippen molar-refractivity contribution in [2.75, 3.05) is 6.54 Å². The van der Waals surface area contributed by atoms with Crippen molar-refractivity contribution in [2.24, 2.45) is 0 Å². The molecular weight excluding hydrogens is 136 g/mol. The van der Waals surface area contributed by atoms with Gasteiger partial charge in [0, 0.05) is 18.8 Å². The second-order valence-corrected chi connectivity index (χ2v) is 2.58. The Morgan fingerprint density at radius 2 is 2.55 bits per heavy atom. The molecule has 0 aliphatic carbocycles. The van der Waals surface area contributed by atoms with E-state index in [1.807, 2.05) is 12.1 Å². The van der Waals surface area contributed by atoms with Gasteiger partial charge in [-0.05, 0) is 17.7 Å². The van der Waals surface area contributed by atoms with Gasteiger partial charge in [0.05, 0.1) is 0 Å². The van der Waals surface area contributed by atoms with Gasteiger partial charge in [0.1, 0.15) is 5.69 Å². The highest BCUT2D eigenvalue weighted by atomic mass is 15.1. The maximum Gasteiger partial charge on any atom is 0.113 e. The van der Waals surface area contributed by atoms with Crippen LogP contribution in [0.15, 0.2) is 18.3 Å². The zero-order valence-electron chi connectivity index (χ0n) is 6.04. The van der Waals surface area contributed by atoms with Crippen LogP contribution >= 0.6 is 0 Å². The number of aromatic nitrogens is 1. The molecule has 2 rings (SSSR count). The van der Waals surface area contributed by atoms with Crippen molar-refractivity contribution < 1.29 is 0 Å². The maximum atomic E-state index is 5.21. The molecule has 1 fully saturated rings. The summed E-state index contributed by atoms with van der Waals surface area (Å²) in [5, 5.41) is 3.21. The number of hydrogen-bond acceptors (Lipinski definition) is 2. The van der Waals surface area contributed by atoms with E-state index in [0.717, 1.165) is 12.2 Å². The molecule has 1 aromatic heterocycles. The van der Waals surface area contributed by atoms with E-state index >= 15 is 0 Å². The second kappa shape index (κ2) is 2.37. The third kappa shape index (κ3) is 1.24. The van der Waals surface area contributed by atoms with Gasteiger partial charge in [0.2, 0.25) is 0 Å². The van der Waals surface area contributed by atoms with Gasteiger partial charge >= 0.3 is 0 Å². The largest absolute Gasteiger partial charge is 0.307 e. The van der Waals surface area contributed by atoms with Crippen molar-refractivity contribution in [3.05, 3.63) is 29.6 Å². The standard InChI is InChI=1S/C9H8N2/c1-2-8-5-7(3-4-10-8)9-6-11-9/h1,3-5,9,11H,6H2/t9-/m0/s1. The number of rotatable bonds is 1. The van der Waals surface area contributed by atoms with E-state index in [1.165, 1.54) is 5.56 Å². The molecule has 1 N–H and O–H groups in total. The fourth-order valence-corrected chi connectivity index (χ4v) is 1.04. The van der Waals surface area contributed by atoms with Gasteiger partial charge < -0.3 is 5.32 Å². The average Bonchev–Trinajstić information content (AvgIpc) is 2.87. The predicted molar refractivity (Wildman–Crippen MR) is 42.9 cm³/mol. The average molecular weight is 144 g/mol. The monoisotopic (exact) mass is 144 g/mol. The van der Waals surface area contributed by atoms with E-state index < -0.39 is 0 Å². The first kappa shape index (κ1) is 6.38. The van der Waals surface area contributed by atoms with Gasteiger partial charge in [0.15, 0.2) is 0 Å². The SMILES string of the molecule is C#Cc1cc([C@@H]2CN2)ccn1. The molecule has 0 aromatic carbocycles. The summed E-state index contributed by atoms with van der Waals surface area (Å²) in [5.41, 5.74) is 1.96. The Morgan fingerprint density at radius 1 is 1.73 bits per heavy atom. The van der Waals surface area contributed by atoms with Crippen LogP contribution in [-0.2, 0) is 0 Å². The van der Waals surface area contributed by atoms with Crippen LogP contribution in [0.1, 0.15) is 17.3 Å². The van der Waals surface area contributed by atoms with E-state index in [4.69, 9.17) is 6.42 Å². The predicted octanol–water partition coefficient (Wildman–Crippen LogP) is 0.707. The van der Waals surface area contributed by atoms with Gasteiger partial charge in [-0.2, -0.15) is 0 Å². The highest BCUT2D eigenvalue weighted by Crippen LogP contribution is 2.20. The van der Waals surface area contributed by atoms with Crippen molar-refractivity contribution in [1.29, 1.82) is 0 Å². The molecule has 0 bridgehead atoms. The Hall–Kier alpha value is -1.33. The molecule has 0 unspecified atom stereocenters. The molecule has 1 atom stereocenters. The van der Waals surface area contributed by atoms with E-state index in [1.54, 1.807) is 6.20 Å². The summed E-state index contributed by atoms with van der Waals surface area (Å²) in [7, 11) is 0. The molecule has 1 aliphatic heterocycles. The minimum atomic E-state index is 0.519. The Morgan fingerprint density at radius 3 is 3.18 bits per heavy atom. The van der Waals surface area contributed by atoms with Crippen molar-refractivity contribution in [2.45, 2.75) is 6.04 Å². The summed E-state index contributed by atoms with van der Waals surface area (Å²) in [6.07, 6.45) is 6.96. The quantitative estimate of drug-likeness (QED) is 0.465. The molecule has 54 valence electrons. The zero-order valence-corrected chi connectivity index (χ0v) is 6.04. The Kier molecular flexibility index (Phi) is 1.38. The molecule has 1 aliphatic rings. The molecule has 11 heavy (non-hydrogen) atoms. The third-order valence-electron chi connectivity index (χ3n) is 1.74. The van der Waals surface area contributed by atoms with Crippen LogP contribution in [0.25, 0.3) is 0 Å². The molecule has 2 nitrogen and oxygen atoms in total. The van der Waals surface area contributed by atoms with Gasteiger partial charge in [-0.15, -0.1) is 6.42 Å². The van der Waals surface area contributed by atoms with Crippen molar-refractivity contribution in [1.82, 2.24) is 10.3 Å². The fourth-order valence-electron chi connectivity index (χ4n) is 1.04. The van der Waals surface area contributed by atoms with Crippen LogP contribution in [0, 0.1) is 12.3 Å². The minimum Gasteiger partial charge on any atom is -0.307 e. The van der Waals surface area contributed by atoms with Crippen LogP contribution in [0.2, 0.25) is 0 Å². The van der Waals surface area contributed by atoms with Crippen LogP contribution in [0.5, 0.6) is 0 Å². The number of nitrogens with zero attached hydrogens (tertiary/aromatic N) is 1. The lowest BCUT2D eigenvalue weighted by Gasteiger charge is -1.95. The smallest absolute Gasteiger partial charge is 0.113 e. The lowest BCUT2D eigenvalue weighted by Crippen LogP contribution is -1.87. The first-order valence-electron chi connectivity index (χ1n) is 3.56. The zero-order chi connectivity index (χ0) is 7.68. The topological polar surface area (TPSA) is 34.8 Å². The molecule has 1 saturated heterocycles. The van der Waals surface area contributed by atoms with Crippen LogP contribution in [0.3, 0.4) is 0 Å². The molecule has 0 spiro atoms. The first-order chi connectivity index (χ1) is 5.40. The van der Waals surface area contributed by atoms with Crippen LogP contribution < -0.4 is 5.32 Å². The fraction of sp³-hybridized carbons (Fsp3) is 0.222. The third-order valence-corrected chi connectivity index (χ3v) is 1.74. The van der Waals surface area contributed by atoms with Crippen LogP contribution in [0.4, 0.5) is 0 Å². The summed E-state index contributed by atoms with van der Waals surface area (Å²) >= 11 is 0. The van der Waals surface area contributed by atoms with E-state index in [9.17, 15) is 0 Å². The Bertz CT molecular complexity index is 308. The number of terminal acetylenes is 1. The maximum absolute atomic E-state index is 5.21. The normalized spacial score (nSPS) is 20.8. The highest BCUT2D eigenvalue weighted by molar-refractivity contribution is 5.31. The van der Waals surface area contributed by atoms with Crippen molar-refractivity contribution in [3.8, 4) is 12.3 Å². The Labute approximate surface area is 65.7 Å². The molecular formula is C9H8N2. The minimum absolute atomic E-state index is 0.519. The second-order valence-electron chi connectivity index (χ2n) is 2.58. The lowest BCUT2D eigenvalue weighted by atomic mass is 10.2. The molecule has 1 aromatic rings. The molecule has 0 radical (unpaired) electrons. The van der Waals surface area contributed by atoms with E-state index in [0.29, 0.717) is 6.04 Å². The molecule has 0 amide bonds. The van der Waals surface area contributed by atoms with Gasteiger partial charge in [-0.1, -0.05) is 5.92 Å². The number of nitrogens with one attached hydrogen (secondary N) is 1. The van der Waals surface area contributed by atoms with E-state index in [2.05, 4.69) is 16.2 Å². The Balaban J connectivity index is 2.35. The summed E-state index contributed by atoms with van der Waals surface area (Å²) in [6, 6.07) is 4.46.